The maximum Gasteiger partial charge on any atom is 0.260 e. The summed E-state index contributed by atoms with van der Waals surface area (Å²) in [6, 6.07) is 3.80. The molecule has 0 bridgehead atoms. The number of carbonyl (C=O) groups excluding carboxylic acids is 1. The number of likely N-dealkylation sites (N-methyl/N-ethyl adjacent to an activating group) is 1. The summed E-state index contributed by atoms with van der Waals surface area (Å²) < 4.78 is 11.8. The molecular weight excluding hydrogens is 324 g/mol. The van der Waals surface area contributed by atoms with Crippen molar-refractivity contribution in [2.75, 3.05) is 20.2 Å². The molecule has 0 aliphatic carbocycles. The molecule has 3 N–H and O–H groups in total. The molecule has 0 fully saturated rings. The molecule has 1 atom stereocenters. The maximum atomic E-state index is 11.7. The molecule has 112 valence electrons. The molecule has 0 heterocycles. The van der Waals surface area contributed by atoms with Crippen molar-refractivity contribution < 1.29 is 14.3 Å². The van der Waals surface area contributed by atoms with Crippen molar-refractivity contribution in [1.29, 1.82) is 0 Å². The smallest absolute Gasteiger partial charge is 0.260 e. The molecule has 1 rings (SSSR count). The standard InChI is InChI=1S/C14H21BrN2O3/c1-4-17-14(18)9(2)20-13-11(15)7-10(5-6-16)8-12(13)19-3/h7-9H,4-6,16H2,1-3H3,(H,17,18). The van der Waals surface area contributed by atoms with Gasteiger partial charge in [-0.3, -0.25) is 4.79 Å². The van der Waals surface area contributed by atoms with Crippen LogP contribution in [0.2, 0.25) is 0 Å². The molecule has 0 aliphatic rings. The Morgan fingerprint density at radius 3 is 2.75 bits per heavy atom. The van der Waals surface area contributed by atoms with E-state index < -0.39 is 6.10 Å². The Bertz CT molecular complexity index is 466. The third-order valence-electron chi connectivity index (χ3n) is 2.74. The van der Waals surface area contributed by atoms with Crippen LogP contribution in [0.5, 0.6) is 11.5 Å². The SMILES string of the molecule is CCNC(=O)C(C)Oc1c(Br)cc(CCN)cc1OC. The van der Waals surface area contributed by atoms with E-state index in [4.69, 9.17) is 15.2 Å². The van der Waals surface area contributed by atoms with E-state index in [-0.39, 0.29) is 5.91 Å². The van der Waals surface area contributed by atoms with Gasteiger partial charge in [-0.25, -0.2) is 0 Å². The van der Waals surface area contributed by atoms with E-state index in [1.165, 1.54) is 0 Å². The van der Waals surface area contributed by atoms with Crippen LogP contribution in [0.15, 0.2) is 16.6 Å². The fourth-order valence-electron chi connectivity index (χ4n) is 1.75. The van der Waals surface area contributed by atoms with Gasteiger partial charge in [0.25, 0.3) is 5.91 Å². The van der Waals surface area contributed by atoms with Crippen LogP contribution in [0, 0.1) is 0 Å². The molecule has 0 radical (unpaired) electrons. The summed E-state index contributed by atoms with van der Waals surface area (Å²) in [5.41, 5.74) is 6.60. The second-order valence-corrected chi connectivity index (χ2v) is 5.16. The van der Waals surface area contributed by atoms with Crippen molar-refractivity contribution in [2.24, 2.45) is 5.73 Å². The fourth-order valence-corrected chi connectivity index (χ4v) is 2.33. The lowest BCUT2D eigenvalue weighted by atomic mass is 10.1. The molecule has 0 spiro atoms. The maximum absolute atomic E-state index is 11.7. The molecule has 1 amide bonds. The first-order chi connectivity index (χ1) is 9.53. The van der Waals surface area contributed by atoms with E-state index >= 15 is 0 Å². The van der Waals surface area contributed by atoms with Gasteiger partial charge in [0.15, 0.2) is 17.6 Å². The third kappa shape index (κ3) is 4.38. The normalized spacial score (nSPS) is 11.8. The number of hydrogen-bond donors (Lipinski definition) is 2. The highest BCUT2D eigenvalue weighted by atomic mass is 79.9. The number of nitrogens with two attached hydrogens (primary N) is 1. The molecule has 0 saturated carbocycles. The van der Waals surface area contributed by atoms with Crippen molar-refractivity contribution >= 4 is 21.8 Å². The van der Waals surface area contributed by atoms with E-state index in [9.17, 15) is 4.79 Å². The minimum Gasteiger partial charge on any atom is -0.493 e. The first kappa shape index (κ1) is 16.8. The summed E-state index contributed by atoms with van der Waals surface area (Å²) in [7, 11) is 1.57. The largest absolute Gasteiger partial charge is 0.493 e. The van der Waals surface area contributed by atoms with Crippen LogP contribution >= 0.6 is 15.9 Å². The van der Waals surface area contributed by atoms with Gasteiger partial charge in [0.2, 0.25) is 0 Å². The lowest BCUT2D eigenvalue weighted by molar-refractivity contribution is -0.127. The number of nitrogens with one attached hydrogen (secondary N) is 1. The van der Waals surface area contributed by atoms with Gasteiger partial charge < -0.3 is 20.5 Å². The van der Waals surface area contributed by atoms with Crippen LogP contribution in [0.3, 0.4) is 0 Å². The topological polar surface area (TPSA) is 73.6 Å². The lowest BCUT2D eigenvalue weighted by Crippen LogP contribution is -2.36. The van der Waals surface area contributed by atoms with E-state index in [1.807, 2.05) is 19.1 Å². The number of rotatable bonds is 7. The molecule has 6 heteroatoms. The Kier molecular flexibility index (Phi) is 6.81. The predicted octanol–water partition coefficient (Wildman–Crippen LogP) is 1.86. The van der Waals surface area contributed by atoms with Crippen molar-refractivity contribution in [3.8, 4) is 11.5 Å². The summed E-state index contributed by atoms with van der Waals surface area (Å²) in [6.07, 6.45) is 0.154. The summed E-state index contributed by atoms with van der Waals surface area (Å²) >= 11 is 3.45. The van der Waals surface area contributed by atoms with Gasteiger partial charge in [0.05, 0.1) is 11.6 Å². The van der Waals surface area contributed by atoms with E-state index in [2.05, 4.69) is 21.2 Å². The summed E-state index contributed by atoms with van der Waals surface area (Å²) in [6.45, 7) is 4.69. The highest BCUT2D eigenvalue weighted by Gasteiger charge is 2.19. The average Bonchev–Trinajstić information content (AvgIpc) is 2.41. The first-order valence-corrected chi connectivity index (χ1v) is 7.33. The van der Waals surface area contributed by atoms with Gasteiger partial charge in [0.1, 0.15) is 0 Å². The molecule has 1 unspecified atom stereocenters. The predicted molar refractivity (Wildman–Crippen MR) is 82.2 cm³/mol. The van der Waals surface area contributed by atoms with Crippen LogP contribution in [0.4, 0.5) is 0 Å². The van der Waals surface area contributed by atoms with Crippen LogP contribution in [-0.2, 0) is 11.2 Å². The summed E-state index contributed by atoms with van der Waals surface area (Å²) in [5, 5.41) is 2.72. The molecule has 5 nitrogen and oxygen atoms in total. The van der Waals surface area contributed by atoms with E-state index in [0.29, 0.717) is 24.6 Å². The fraction of sp³-hybridized carbons (Fsp3) is 0.500. The third-order valence-corrected chi connectivity index (χ3v) is 3.33. The van der Waals surface area contributed by atoms with Gasteiger partial charge in [-0.15, -0.1) is 0 Å². The van der Waals surface area contributed by atoms with Crippen molar-refractivity contribution in [3.63, 3.8) is 0 Å². The Morgan fingerprint density at radius 2 is 2.20 bits per heavy atom. The molecule has 0 saturated heterocycles. The second kappa shape index (κ2) is 8.11. The quantitative estimate of drug-likeness (QED) is 0.791. The van der Waals surface area contributed by atoms with Crippen LogP contribution in [0.1, 0.15) is 19.4 Å². The number of benzene rings is 1. The number of ether oxygens (including phenoxy) is 2. The van der Waals surface area contributed by atoms with E-state index in [0.717, 1.165) is 16.5 Å². The van der Waals surface area contributed by atoms with Crippen molar-refractivity contribution in [3.05, 3.63) is 22.2 Å². The zero-order chi connectivity index (χ0) is 15.1. The van der Waals surface area contributed by atoms with Crippen molar-refractivity contribution in [2.45, 2.75) is 26.4 Å². The summed E-state index contributed by atoms with van der Waals surface area (Å²) in [5.74, 6) is 0.943. The van der Waals surface area contributed by atoms with Gasteiger partial charge in [-0.1, -0.05) is 0 Å². The minimum atomic E-state index is -0.597. The number of halogens is 1. The molecule has 0 aromatic heterocycles. The molecule has 0 aliphatic heterocycles. The highest BCUT2D eigenvalue weighted by molar-refractivity contribution is 9.10. The molecule has 1 aromatic carbocycles. The summed E-state index contributed by atoms with van der Waals surface area (Å²) in [4.78, 5) is 11.7. The molecule has 20 heavy (non-hydrogen) atoms. The van der Waals surface area contributed by atoms with Crippen LogP contribution in [-0.4, -0.2) is 32.2 Å². The number of amides is 1. The van der Waals surface area contributed by atoms with Crippen LogP contribution < -0.4 is 20.5 Å². The van der Waals surface area contributed by atoms with Gasteiger partial charge in [-0.05, 0) is 60.4 Å². The number of carbonyl (C=O) groups is 1. The average molecular weight is 345 g/mol. The second-order valence-electron chi connectivity index (χ2n) is 4.30. The Morgan fingerprint density at radius 1 is 1.50 bits per heavy atom. The van der Waals surface area contributed by atoms with Crippen LogP contribution in [0.25, 0.3) is 0 Å². The Labute approximate surface area is 127 Å². The Balaban J connectivity index is 2.96. The van der Waals surface area contributed by atoms with E-state index in [1.54, 1.807) is 14.0 Å². The highest BCUT2D eigenvalue weighted by Crippen LogP contribution is 2.37. The monoisotopic (exact) mass is 344 g/mol. The van der Waals surface area contributed by atoms with Gasteiger partial charge in [0, 0.05) is 6.54 Å². The first-order valence-electron chi connectivity index (χ1n) is 6.54. The van der Waals surface area contributed by atoms with Gasteiger partial charge in [-0.2, -0.15) is 0 Å². The van der Waals surface area contributed by atoms with Crippen molar-refractivity contribution in [1.82, 2.24) is 5.32 Å². The number of hydrogen-bond acceptors (Lipinski definition) is 4. The van der Waals surface area contributed by atoms with Gasteiger partial charge >= 0.3 is 0 Å². The lowest BCUT2D eigenvalue weighted by Gasteiger charge is -2.18. The molecular formula is C14H21BrN2O3. The minimum absolute atomic E-state index is 0.160. The zero-order valence-electron chi connectivity index (χ0n) is 12.0. The zero-order valence-corrected chi connectivity index (χ0v) is 13.6. The Hall–Kier alpha value is -1.27. The number of methoxy groups -OCH3 is 1. The molecule has 1 aromatic rings.